The van der Waals surface area contributed by atoms with Crippen LogP contribution in [0.5, 0.6) is 5.75 Å². The Morgan fingerprint density at radius 2 is 1.86 bits per heavy atom. The summed E-state index contributed by atoms with van der Waals surface area (Å²) in [6.07, 6.45) is -4.22. The van der Waals surface area contributed by atoms with Gasteiger partial charge in [0, 0.05) is 11.2 Å². The summed E-state index contributed by atoms with van der Waals surface area (Å²) < 4.78 is 12.8. The molecule has 35 heavy (non-hydrogen) atoms. The molecule has 186 valence electrons. The maximum Gasteiger partial charge on any atom is 0.266 e. The zero-order valence-electron chi connectivity index (χ0n) is 19.1. The van der Waals surface area contributed by atoms with Gasteiger partial charge in [0.05, 0.1) is 13.2 Å². The molecule has 1 aromatic heterocycles. The minimum atomic E-state index is -1.48. The van der Waals surface area contributed by atoms with E-state index in [-0.39, 0.29) is 12.2 Å². The van der Waals surface area contributed by atoms with E-state index in [1.165, 1.54) is 16.9 Å². The Bertz CT molecular complexity index is 1170. The van der Waals surface area contributed by atoms with Gasteiger partial charge in [-0.1, -0.05) is 35.9 Å². The number of rotatable bonds is 8. The van der Waals surface area contributed by atoms with Gasteiger partial charge in [-0.15, -0.1) is 0 Å². The van der Waals surface area contributed by atoms with Gasteiger partial charge in [0.15, 0.2) is 0 Å². The fourth-order valence-corrected chi connectivity index (χ4v) is 4.42. The van der Waals surface area contributed by atoms with Crippen molar-refractivity contribution in [3.05, 3.63) is 82.1 Å². The molecule has 1 fully saturated rings. The van der Waals surface area contributed by atoms with Gasteiger partial charge in [0.1, 0.15) is 42.0 Å². The van der Waals surface area contributed by atoms with E-state index in [0.29, 0.717) is 23.6 Å². The molecular weight excluding hydrogens is 474 g/mol. The Hall–Kier alpha value is -2.95. The predicted molar refractivity (Wildman–Crippen MR) is 128 cm³/mol. The van der Waals surface area contributed by atoms with Crippen LogP contribution in [0.1, 0.15) is 40.2 Å². The van der Waals surface area contributed by atoms with Gasteiger partial charge in [-0.25, -0.2) is 0 Å². The van der Waals surface area contributed by atoms with E-state index >= 15 is 0 Å². The van der Waals surface area contributed by atoms with Crippen LogP contribution < -0.4 is 10.5 Å². The SMILES string of the molecule is CCOc1ccc(Cc2cc([C@@H]3O[C@H](Cn4nccc4C(N)=O)[C@H](O)[C@@H](O)[C@H]3O)ccc2Cl)cc1. The second-order valence-electron chi connectivity index (χ2n) is 8.43. The molecule has 2 aromatic carbocycles. The third-order valence-electron chi connectivity index (χ3n) is 6.06. The summed E-state index contributed by atoms with van der Waals surface area (Å²) in [5.74, 6) is 0.103. The van der Waals surface area contributed by atoms with Crippen molar-refractivity contribution in [1.29, 1.82) is 0 Å². The van der Waals surface area contributed by atoms with Crippen LogP contribution in [0.15, 0.2) is 54.7 Å². The number of nitrogens with zero attached hydrogens (tertiary/aromatic N) is 2. The van der Waals surface area contributed by atoms with E-state index < -0.39 is 36.4 Å². The Balaban J connectivity index is 1.56. The van der Waals surface area contributed by atoms with Crippen LogP contribution in [0.3, 0.4) is 0 Å². The Labute approximate surface area is 207 Å². The summed E-state index contributed by atoms with van der Waals surface area (Å²) in [5, 5.41) is 36.4. The smallest absolute Gasteiger partial charge is 0.266 e. The van der Waals surface area contributed by atoms with Crippen LogP contribution in [0.2, 0.25) is 5.02 Å². The zero-order chi connectivity index (χ0) is 25.1. The Kier molecular flexibility index (Phi) is 7.73. The molecule has 1 aliphatic heterocycles. The van der Waals surface area contributed by atoms with Crippen LogP contribution in [0.4, 0.5) is 0 Å². The molecule has 5 atom stereocenters. The number of ether oxygens (including phenoxy) is 2. The first-order valence-electron chi connectivity index (χ1n) is 11.3. The highest BCUT2D eigenvalue weighted by molar-refractivity contribution is 6.31. The minimum Gasteiger partial charge on any atom is -0.494 e. The van der Waals surface area contributed by atoms with Gasteiger partial charge in [-0.3, -0.25) is 9.48 Å². The van der Waals surface area contributed by atoms with Crippen molar-refractivity contribution >= 4 is 17.5 Å². The molecule has 0 unspecified atom stereocenters. The molecule has 3 aromatic rings. The number of aliphatic hydroxyl groups excluding tert-OH is 3. The Morgan fingerprint density at radius 3 is 2.54 bits per heavy atom. The quantitative estimate of drug-likeness (QED) is 0.369. The lowest BCUT2D eigenvalue weighted by molar-refractivity contribution is -0.228. The topological polar surface area (TPSA) is 140 Å². The van der Waals surface area contributed by atoms with Gasteiger partial charge in [0.2, 0.25) is 0 Å². The van der Waals surface area contributed by atoms with Gasteiger partial charge >= 0.3 is 0 Å². The van der Waals surface area contributed by atoms with Crippen LogP contribution in [-0.4, -0.2) is 62.0 Å². The monoisotopic (exact) mass is 501 g/mol. The average molecular weight is 502 g/mol. The number of carbonyl (C=O) groups excluding carboxylic acids is 1. The summed E-state index contributed by atoms with van der Waals surface area (Å²) in [5.41, 5.74) is 7.93. The third-order valence-corrected chi connectivity index (χ3v) is 6.43. The number of carbonyl (C=O) groups is 1. The highest BCUT2D eigenvalue weighted by Crippen LogP contribution is 2.35. The first-order valence-corrected chi connectivity index (χ1v) is 11.7. The fraction of sp³-hybridized carbons (Fsp3) is 0.360. The lowest BCUT2D eigenvalue weighted by Gasteiger charge is -2.41. The van der Waals surface area contributed by atoms with Crippen molar-refractivity contribution < 1.29 is 29.6 Å². The summed E-state index contributed by atoms with van der Waals surface area (Å²) in [6, 6.07) is 14.4. The van der Waals surface area contributed by atoms with Gasteiger partial charge < -0.3 is 30.5 Å². The number of hydrogen-bond donors (Lipinski definition) is 4. The van der Waals surface area contributed by atoms with Crippen molar-refractivity contribution in [2.24, 2.45) is 5.73 Å². The molecule has 9 nitrogen and oxygen atoms in total. The van der Waals surface area contributed by atoms with E-state index in [1.54, 1.807) is 12.1 Å². The maximum atomic E-state index is 11.6. The molecule has 0 spiro atoms. The number of benzene rings is 2. The molecule has 4 rings (SSSR count). The van der Waals surface area contributed by atoms with E-state index in [2.05, 4.69) is 5.10 Å². The molecular formula is C25H28ClN3O6. The summed E-state index contributed by atoms with van der Waals surface area (Å²) in [6.45, 7) is 2.47. The van der Waals surface area contributed by atoms with Crippen molar-refractivity contribution in [3.63, 3.8) is 0 Å². The molecule has 0 bridgehead atoms. The van der Waals surface area contributed by atoms with Crippen LogP contribution >= 0.6 is 11.6 Å². The molecule has 0 radical (unpaired) electrons. The lowest BCUT2D eigenvalue weighted by atomic mass is 9.90. The molecule has 0 aliphatic carbocycles. The first kappa shape index (κ1) is 25.2. The van der Waals surface area contributed by atoms with Crippen molar-refractivity contribution in [3.8, 4) is 5.75 Å². The van der Waals surface area contributed by atoms with E-state index in [1.807, 2.05) is 37.3 Å². The number of aromatic nitrogens is 2. The molecule has 1 aliphatic rings. The van der Waals surface area contributed by atoms with E-state index in [9.17, 15) is 20.1 Å². The fourth-order valence-electron chi connectivity index (χ4n) is 4.23. The second-order valence-corrected chi connectivity index (χ2v) is 8.84. The van der Waals surface area contributed by atoms with Crippen molar-refractivity contribution in [2.75, 3.05) is 6.61 Å². The maximum absolute atomic E-state index is 11.6. The molecule has 5 N–H and O–H groups in total. The molecule has 10 heteroatoms. The van der Waals surface area contributed by atoms with Crippen LogP contribution in [0.25, 0.3) is 0 Å². The number of primary amides is 1. The van der Waals surface area contributed by atoms with Crippen LogP contribution in [-0.2, 0) is 17.7 Å². The average Bonchev–Trinajstić information content (AvgIpc) is 3.31. The van der Waals surface area contributed by atoms with Gasteiger partial charge in [-0.2, -0.15) is 5.10 Å². The molecule has 1 amide bonds. The zero-order valence-corrected chi connectivity index (χ0v) is 19.9. The number of hydrogen-bond acceptors (Lipinski definition) is 7. The van der Waals surface area contributed by atoms with Crippen molar-refractivity contribution in [1.82, 2.24) is 9.78 Å². The second kappa shape index (κ2) is 10.8. The predicted octanol–water partition coefficient (Wildman–Crippen LogP) is 1.85. The lowest BCUT2D eigenvalue weighted by Crippen LogP contribution is -2.55. The van der Waals surface area contributed by atoms with E-state index in [0.717, 1.165) is 16.9 Å². The summed E-state index contributed by atoms with van der Waals surface area (Å²) in [4.78, 5) is 11.6. The van der Waals surface area contributed by atoms with E-state index in [4.69, 9.17) is 26.8 Å². The highest BCUT2D eigenvalue weighted by Gasteiger charge is 2.44. The normalized spacial score (nSPS) is 24.3. The minimum absolute atomic E-state index is 0.0423. The largest absolute Gasteiger partial charge is 0.494 e. The number of aliphatic hydroxyl groups is 3. The molecule has 1 saturated heterocycles. The number of halogens is 1. The third kappa shape index (κ3) is 5.50. The first-order chi connectivity index (χ1) is 16.8. The standard InChI is InChI=1S/C25H28ClN3O6/c1-2-34-17-6-3-14(4-7-17)11-16-12-15(5-8-18(16)26)24-23(32)22(31)21(30)20(35-24)13-29-19(25(27)33)9-10-28-29/h3-10,12,20-24,30-32H,2,11,13H2,1H3,(H2,27,33)/t20-,21+,22-,23-,24+/m1/s1. The highest BCUT2D eigenvalue weighted by atomic mass is 35.5. The summed E-state index contributed by atoms with van der Waals surface area (Å²) in [7, 11) is 0. The molecule has 2 heterocycles. The van der Waals surface area contributed by atoms with Crippen molar-refractivity contribution in [2.45, 2.75) is 50.4 Å². The Morgan fingerprint density at radius 1 is 1.11 bits per heavy atom. The van der Waals surface area contributed by atoms with Gasteiger partial charge in [-0.05, 0) is 54.3 Å². The summed E-state index contributed by atoms with van der Waals surface area (Å²) >= 11 is 6.45. The van der Waals surface area contributed by atoms with Gasteiger partial charge in [0.25, 0.3) is 5.91 Å². The number of amides is 1. The molecule has 0 saturated carbocycles. The number of nitrogens with two attached hydrogens (primary N) is 1. The van der Waals surface area contributed by atoms with Crippen LogP contribution in [0, 0.1) is 0 Å².